The first kappa shape index (κ1) is 17.1. The first-order valence-corrected chi connectivity index (χ1v) is 10.7. The lowest BCUT2D eigenvalue weighted by Gasteiger charge is -2.55. The summed E-state index contributed by atoms with van der Waals surface area (Å²) in [6, 6.07) is 3.27. The van der Waals surface area contributed by atoms with Crippen molar-refractivity contribution in [1.29, 1.82) is 0 Å². The summed E-state index contributed by atoms with van der Waals surface area (Å²) < 4.78 is 5.13. The molecule has 26 heavy (non-hydrogen) atoms. The van der Waals surface area contributed by atoms with Crippen LogP contribution >= 0.6 is 11.6 Å². The number of carbonyl (C=O) groups is 1. The van der Waals surface area contributed by atoms with E-state index >= 15 is 0 Å². The third-order valence-corrected chi connectivity index (χ3v) is 7.25. The van der Waals surface area contributed by atoms with Crippen LogP contribution in [0.25, 0.3) is 0 Å². The Bertz CT molecular complexity index is 674. The maximum atomic E-state index is 12.8. The largest absolute Gasteiger partial charge is 0.360 e. The minimum Gasteiger partial charge on any atom is -0.360 e. The van der Waals surface area contributed by atoms with Gasteiger partial charge in [-0.2, -0.15) is 0 Å². The van der Waals surface area contributed by atoms with Crippen molar-refractivity contribution < 1.29 is 9.32 Å². The van der Waals surface area contributed by atoms with Crippen LogP contribution in [0.1, 0.15) is 50.7 Å². The van der Waals surface area contributed by atoms with Crippen LogP contribution in [-0.4, -0.2) is 52.6 Å². The van der Waals surface area contributed by atoms with Crippen LogP contribution in [0.5, 0.6) is 0 Å². The highest BCUT2D eigenvalue weighted by atomic mass is 35.5. The van der Waals surface area contributed by atoms with Crippen molar-refractivity contribution in [2.45, 2.75) is 63.5 Å². The number of halogens is 1. The van der Waals surface area contributed by atoms with Crippen molar-refractivity contribution >= 4 is 17.5 Å². The summed E-state index contributed by atoms with van der Waals surface area (Å²) in [7, 11) is 0. The molecule has 0 aromatic carbocycles. The second-order valence-corrected chi connectivity index (χ2v) is 9.26. The zero-order valence-electron chi connectivity index (χ0n) is 15.3. The Morgan fingerprint density at radius 1 is 1.15 bits per heavy atom. The number of nitrogens with zero attached hydrogens (tertiary/aromatic N) is 3. The number of hydrogen-bond acceptors (Lipinski definition) is 4. The summed E-state index contributed by atoms with van der Waals surface area (Å²) in [5.41, 5.74) is 0. The lowest BCUT2D eigenvalue weighted by atomic mass is 9.74. The quantitative estimate of drug-likeness (QED) is 0.807. The summed E-state index contributed by atoms with van der Waals surface area (Å²) >= 11 is 5.79. The van der Waals surface area contributed by atoms with Gasteiger partial charge in [0.15, 0.2) is 5.15 Å². The number of hydrogen-bond donors (Lipinski definition) is 0. The van der Waals surface area contributed by atoms with Gasteiger partial charge in [0.25, 0.3) is 0 Å². The van der Waals surface area contributed by atoms with Gasteiger partial charge in [0.05, 0.1) is 0 Å². The minimum absolute atomic E-state index is 0.259. The Morgan fingerprint density at radius 2 is 1.96 bits per heavy atom. The number of likely N-dealkylation sites (tertiary alicyclic amines) is 1. The fourth-order valence-corrected chi connectivity index (χ4v) is 5.99. The first-order chi connectivity index (χ1) is 12.7. The molecule has 4 heterocycles. The topological polar surface area (TPSA) is 49.6 Å². The molecule has 1 aromatic rings. The SMILES string of the molecule is O=C(CCc1cc(Cl)no1)N1C[C@@H]2C[C@H](C1)[C@@H]1CCC[C@H](C3CC3)N1C2. The van der Waals surface area contributed by atoms with E-state index in [9.17, 15) is 4.79 Å². The van der Waals surface area contributed by atoms with E-state index < -0.39 is 0 Å². The molecule has 1 aromatic heterocycles. The molecule has 3 aliphatic heterocycles. The van der Waals surface area contributed by atoms with E-state index in [0.29, 0.717) is 41.6 Å². The summed E-state index contributed by atoms with van der Waals surface area (Å²) in [5.74, 6) is 3.27. The predicted molar refractivity (Wildman–Crippen MR) is 98.9 cm³/mol. The Morgan fingerprint density at radius 3 is 2.69 bits per heavy atom. The molecule has 4 fully saturated rings. The van der Waals surface area contributed by atoms with Crippen molar-refractivity contribution in [3.63, 3.8) is 0 Å². The van der Waals surface area contributed by atoms with E-state index in [4.69, 9.17) is 16.1 Å². The second kappa shape index (κ2) is 6.83. The van der Waals surface area contributed by atoms with Crippen LogP contribution in [0.3, 0.4) is 0 Å². The van der Waals surface area contributed by atoms with Crippen molar-refractivity contribution in [3.8, 4) is 0 Å². The molecule has 5 nitrogen and oxygen atoms in total. The summed E-state index contributed by atoms with van der Waals surface area (Å²) in [4.78, 5) is 17.8. The number of aromatic nitrogens is 1. The smallest absolute Gasteiger partial charge is 0.223 e. The molecule has 1 amide bonds. The molecule has 142 valence electrons. The number of fused-ring (bicyclic) bond motifs is 4. The maximum Gasteiger partial charge on any atom is 0.223 e. The molecule has 1 saturated carbocycles. The summed E-state index contributed by atoms with van der Waals surface area (Å²) in [5, 5.41) is 4.05. The Kier molecular flexibility index (Phi) is 4.48. The lowest BCUT2D eigenvalue weighted by Crippen LogP contribution is -2.62. The highest BCUT2D eigenvalue weighted by Gasteiger charge is 2.48. The standard InChI is InChI=1S/C20H28ClN3O2/c21-19-9-16(26-22-19)6-7-20(25)23-10-13-8-15(12-23)18-3-1-2-17(14-4-5-14)24(18)11-13/h9,13-15,17-18H,1-8,10-12H2/t13-,15+,17+,18-/m0/s1. The van der Waals surface area contributed by atoms with Gasteiger partial charge >= 0.3 is 0 Å². The van der Waals surface area contributed by atoms with E-state index in [1.54, 1.807) is 6.07 Å². The molecule has 4 atom stereocenters. The molecule has 2 bridgehead atoms. The average molecular weight is 378 g/mol. The van der Waals surface area contributed by atoms with Gasteiger partial charge in [-0.25, -0.2) is 0 Å². The highest BCUT2D eigenvalue weighted by Crippen LogP contribution is 2.46. The van der Waals surface area contributed by atoms with Gasteiger partial charge in [0.1, 0.15) is 5.76 Å². The van der Waals surface area contributed by atoms with E-state index in [1.165, 1.54) is 45.1 Å². The number of amides is 1. The summed E-state index contributed by atoms with van der Waals surface area (Å²) in [6.07, 6.45) is 9.40. The van der Waals surface area contributed by atoms with Crippen LogP contribution in [0.4, 0.5) is 0 Å². The van der Waals surface area contributed by atoms with E-state index in [0.717, 1.165) is 25.0 Å². The van der Waals surface area contributed by atoms with Crippen LogP contribution in [0.2, 0.25) is 5.15 Å². The Hall–Kier alpha value is -1.07. The van der Waals surface area contributed by atoms with Crippen molar-refractivity contribution in [2.75, 3.05) is 19.6 Å². The van der Waals surface area contributed by atoms with Crippen LogP contribution < -0.4 is 0 Å². The van der Waals surface area contributed by atoms with Gasteiger partial charge in [-0.05, 0) is 49.9 Å². The molecule has 0 unspecified atom stereocenters. The number of piperidine rings is 3. The van der Waals surface area contributed by atoms with Gasteiger partial charge in [0.2, 0.25) is 5.91 Å². The molecule has 4 aliphatic rings. The monoisotopic (exact) mass is 377 g/mol. The third kappa shape index (κ3) is 3.29. The third-order valence-electron chi connectivity index (χ3n) is 7.07. The molecule has 1 aliphatic carbocycles. The van der Waals surface area contributed by atoms with Crippen LogP contribution in [0.15, 0.2) is 10.6 Å². The van der Waals surface area contributed by atoms with E-state index in [-0.39, 0.29) is 5.91 Å². The molecular weight excluding hydrogens is 350 g/mol. The lowest BCUT2D eigenvalue weighted by molar-refractivity contribution is -0.139. The number of aryl methyl sites for hydroxylation is 1. The average Bonchev–Trinajstić information content (AvgIpc) is 3.40. The van der Waals surface area contributed by atoms with Crippen LogP contribution in [-0.2, 0) is 11.2 Å². The molecule has 5 rings (SSSR count). The number of carbonyl (C=O) groups excluding carboxylic acids is 1. The fraction of sp³-hybridized carbons (Fsp3) is 0.800. The van der Waals surface area contributed by atoms with Gasteiger partial charge in [0, 0.05) is 50.6 Å². The normalized spacial score (nSPS) is 34.6. The zero-order chi connectivity index (χ0) is 17.7. The maximum absolute atomic E-state index is 12.8. The van der Waals surface area contributed by atoms with E-state index in [1.807, 2.05) is 0 Å². The minimum atomic E-state index is 0.259. The van der Waals surface area contributed by atoms with Gasteiger partial charge in [-0.1, -0.05) is 23.2 Å². The first-order valence-electron chi connectivity index (χ1n) is 10.3. The molecule has 0 N–H and O–H groups in total. The second-order valence-electron chi connectivity index (χ2n) is 8.88. The molecule has 0 spiro atoms. The predicted octanol–water partition coefficient (Wildman–Crippen LogP) is 3.37. The molecule has 6 heteroatoms. The van der Waals surface area contributed by atoms with Gasteiger partial charge in [-0.15, -0.1) is 0 Å². The molecule has 3 saturated heterocycles. The number of rotatable bonds is 4. The molecule has 0 radical (unpaired) electrons. The summed E-state index contributed by atoms with van der Waals surface area (Å²) in [6.45, 7) is 3.10. The fourth-order valence-electron chi connectivity index (χ4n) is 5.83. The van der Waals surface area contributed by atoms with Crippen molar-refractivity contribution in [3.05, 3.63) is 17.0 Å². The molecular formula is C20H28ClN3O2. The van der Waals surface area contributed by atoms with Crippen molar-refractivity contribution in [2.24, 2.45) is 17.8 Å². The van der Waals surface area contributed by atoms with Gasteiger partial charge in [-0.3, -0.25) is 9.69 Å². The highest BCUT2D eigenvalue weighted by molar-refractivity contribution is 6.29. The van der Waals surface area contributed by atoms with Crippen molar-refractivity contribution in [1.82, 2.24) is 15.0 Å². The Balaban J connectivity index is 1.22. The zero-order valence-corrected chi connectivity index (χ0v) is 16.0. The van der Waals surface area contributed by atoms with Crippen LogP contribution in [0, 0.1) is 17.8 Å². The van der Waals surface area contributed by atoms with E-state index in [2.05, 4.69) is 15.0 Å². The van der Waals surface area contributed by atoms with Gasteiger partial charge < -0.3 is 9.42 Å². The Labute approximate surface area is 160 Å².